The fourth-order valence-electron chi connectivity index (χ4n) is 2.94. The van der Waals surface area contributed by atoms with Crippen molar-refractivity contribution in [1.82, 2.24) is 4.31 Å². The molecule has 0 aliphatic carbocycles. The van der Waals surface area contributed by atoms with Gasteiger partial charge in [-0.15, -0.1) is 0 Å². The molecule has 0 aromatic heterocycles. The van der Waals surface area contributed by atoms with Crippen LogP contribution in [0.25, 0.3) is 0 Å². The molecule has 24 heavy (non-hydrogen) atoms. The summed E-state index contributed by atoms with van der Waals surface area (Å²) in [6.07, 6.45) is 1.70. The zero-order valence-corrected chi connectivity index (χ0v) is 15.4. The fraction of sp³-hybridized carbons (Fsp3) is 0.588. The number of aryl methyl sites for hydroxylation is 1. The van der Waals surface area contributed by atoms with Gasteiger partial charge in [0.2, 0.25) is 15.9 Å². The number of hydrogen-bond donors (Lipinski definition) is 1. The molecule has 1 aromatic rings. The molecule has 134 valence electrons. The Morgan fingerprint density at radius 2 is 2.00 bits per heavy atom. The number of amides is 1. The number of hydrogen-bond acceptors (Lipinski definition) is 4. The summed E-state index contributed by atoms with van der Waals surface area (Å²) in [6.45, 7) is 4.62. The van der Waals surface area contributed by atoms with Crippen LogP contribution in [0.2, 0.25) is 0 Å². The Balaban J connectivity index is 1.98. The zero-order chi connectivity index (χ0) is 17.7. The standard InChI is InChI=1S/C17H26N2O4S/c1-4-11-24(21,22)19-9-7-14(8-10-19)17(20)18-15-12-13(2)5-6-16(15)23-3/h5-6,12,14H,4,7-11H2,1-3H3,(H,18,20). The maximum absolute atomic E-state index is 12.5. The van der Waals surface area contributed by atoms with E-state index in [4.69, 9.17) is 4.74 Å². The third-order valence-electron chi connectivity index (χ3n) is 4.29. The minimum Gasteiger partial charge on any atom is -0.495 e. The summed E-state index contributed by atoms with van der Waals surface area (Å²) in [7, 11) is -1.61. The Bertz CT molecular complexity index is 680. The molecule has 6 nitrogen and oxygen atoms in total. The van der Waals surface area contributed by atoms with Gasteiger partial charge in [-0.2, -0.15) is 0 Å². The summed E-state index contributed by atoms with van der Waals surface area (Å²) < 4.78 is 30.9. The predicted molar refractivity (Wildman–Crippen MR) is 94.7 cm³/mol. The Labute approximate surface area is 144 Å². The number of piperidine rings is 1. The van der Waals surface area contributed by atoms with Crippen molar-refractivity contribution in [1.29, 1.82) is 0 Å². The quantitative estimate of drug-likeness (QED) is 0.851. The van der Waals surface area contributed by atoms with Crippen LogP contribution < -0.4 is 10.1 Å². The number of rotatable bonds is 6. The molecule has 0 radical (unpaired) electrons. The molecular formula is C17H26N2O4S. The van der Waals surface area contributed by atoms with Gasteiger partial charge in [0, 0.05) is 19.0 Å². The highest BCUT2D eigenvalue weighted by atomic mass is 32.2. The number of methoxy groups -OCH3 is 1. The van der Waals surface area contributed by atoms with Crippen LogP contribution in [0, 0.1) is 12.8 Å². The number of anilines is 1. The van der Waals surface area contributed by atoms with Crippen LogP contribution in [0.3, 0.4) is 0 Å². The Morgan fingerprint density at radius 3 is 2.58 bits per heavy atom. The highest BCUT2D eigenvalue weighted by Gasteiger charge is 2.30. The second-order valence-electron chi connectivity index (χ2n) is 6.18. The Hall–Kier alpha value is -1.60. The normalized spacial score (nSPS) is 16.8. The minimum atomic E-state index is -3.18. The average Bonchev–Trinajstić information content (AvgIpc) is 2.55. The monoisotopic (exact) mass is 354 g/mol. The summed E-state index contributed by atoms with van der Waals surface area (Å²) in [5, 5.41) is 2.92. The maximum atomic E-state index is 12.5. The van der Waals surface area contributed by atoms with Gasteiger partial charge in [-0.3, -0.25) is 4.79 Å². The van der Waals surface area contributed by atoms with Gasteiger partial charge in [0.25, 0.3) is 0 Å². The first kappa shape index (κ1) is 18.7. The topological polar surface area (TPSA) is 75.7 Å². The van der Waals surface area contributed by atoms with E-state index in [-0.39, 0.29) is 17.6 Å². The van der Waals surface area contributed by atoms with Crippen LogP contribution in [0.5, 0.6) is 5.75 Å². The molecule has 1 heterocycles. The molecule has 0 unspecified atom stereocenters. The van der Waals surface area contributed by atoms with E-state index < -0.39 is 10.0 Å². The van der Waals surface area contributed by atoms with Crippen LogP contribution >= 0.6 is 0 Å². The highest BCUT2D eigenvalue weighted by molar-refractivity contribution is 7.89. The van der Waals surface area contributed by atoms with Crippen LogP contribution in [0.4, 0.5) is 5.69 Å². The third kappa shape index (κ3) is 4.48. The lowest BCUT2D eigenvalue weighted by Crippen LogP contribution is -2.42. The van der Waals surface area contributed by atoms with Gasteiger partial charge in [-0.1, -0.05) is 13.0 Å². The van der Waals surface area contributed by atoms with E-state index >= 15 is 0 Å². The van der Waals surface area contributed by atoms with Gasteiger partial charge in [0.05, 0.1) is 18.6 Å². The summed E-state index contributed by atoms with van der Waals surface area (Å²) in [4.78, 5) is 12.5. The van der Waals surface area contributed by atoms with E-state index in [1.807, 2.05) is 32.0 Å². The second-order valence-corrected chi connectivity index (χ2v) is 8.27. The lowest BCUT2D eigenvalue weighted by atomic mass is 9.97. The molecular weight excluding hydrogens is 328 g/mol. The molecule has 1 amide bonds. The van der Waals surface area contributed by atoms with Gasteiger partial charge in [0.15, 0.2) is 0 Å². The van der Waals surface area contributed by atoms with Gasteiger partial charge < -0.3 is 10.1 Å². The van der Waals surface area contributed by atoms with Crippen molar-refractivity contribution < 1.29 is 17.9 Å². The fourth-order valence-corrected chi connectivity index (χ4v) is 4.48. The van der Waals surface area contributed by atoms with Crippen molar-refractivity contribution in [2.75, 3.05) is 31.3 Å². The lowest BCUT2D eigenvalue weighted by molar-refractivity contribution is -0.120. The van der Waals surface area contributed by atoms with Crippen molar-refractivity contribution in [3.8, 4) is 5.75 Å². The Kier molecular flexibility index (Phi) is 6.23. The van der Waals surface area contributed by atoms with Crippen molar-refractivity contribution >= 4 is 21.6 Å². The molecule has 1 saturated heterocycles. The Morgan fingerprint density at radius 1 is 1.33 bits per heavy atom. The van der Waals surface area contributed by atoms with Crippen LogP contribution in [-0.4, -0.2) is 44.6 Å². The SMILES string of the molecule is CCCS(=O)(=O)N1CCC(C(=O)Nc2cc(C)ccc2OC)CC1. The summed E-state index contributed by atoms with van der Waals surface area (Å²) in [5.41, 5.74) is 1.69. The number of sulfonamides is 1. The third-order valence-corrected chi connectivity index (χ3v) is 6.37. The molecule has 7 heteroatoms. The van der Waals surface area contributed by atoms with Gasteiger partial charge in [-0.05, 0) is 43.9 Å². The van der Waals surface area contributed by atoms with Crippen molar-refractivity contribution in [3.63, 3.8) is 0 Å². The molecule has 0 atom stereocenters. The summed E-state index contributed by atoms with van der Waals surface area (Å²) >= 11 is 0. The number of carbonyl (C=O) groups excluding carboxylic acids is 1. The summed E-state index contributed by atoms with van der Waals surface area (Å²) in [5.74, 6) is 0.538. The first-order valence-electron chi connectivity index (χ1n) is 8.30. The second kappa shape index (κ2) is 7.98. The minimum absolute atomic E-state index is 0.0774. The molecule has 2 rings (SSSR count). The number of nitrogens with one attached hydrogen (secondary N) is 1. The predicted octanol–water partition coefficient (Wildman–Crippen LogP) is 2.39. The van der Waals surface area contributed by atoms with E-state index in [9.17, 15) is 13.2 Å². The van der Waals surface area contributed by atoms with Crippen molar-refractivity contribution in [2.24, 2.45) is 5.92 Å². The number of ether oxygens (including phenoxy) is 1. The molecule has 0 saturated carbocycles. The van der Waals surface area contributed by atoms with Crippen molar-refractivity contribution in [2.45, 2.75) is 33.1 Å². The van der Waals surface area contributed by atoms with Crippen molar-refractivity contribution in [3.05, 3.63) is 23.8 Å². The van der Waals surface area contributed by atoms with Gasteiger partial charge >= 0.3 is 0 Å². The molecule has 1 aliphatic rings. The zero-order valence-electron chi connectivity index (χ0n) is 14.5. The maximum Gasteiger partial charge on any atom is 0.227 e. The number of nitrogens with zero attached hydrogens (tertiary/aromatic N) is 1. The smallest absolute Gasteiger partial charge is 0.227 e. The molecule has 1 aliphatic heterocycles. The van der Waals surface area contributed by atoms with E-state index in [0.29, 0.717) is 43.8 Å². The molecule has 1 fully saturated rings. The lowest BCUT2D eigenvalue weighted by Gasteiger charge is -2.30. The highest BCUT2D eigenvalue weighted by Crippen LogP contribution is 2.27. The van der Waals surface area contributed by atoms with E-state index in [0.717, 1.165) is 5.56 Å². The van der Waals surface area contributed by atoms with E-state index in [2.05, 4.69) is 5.32 Å². The first-order valence-corrected chi connectivity index (χ1v) is 9.91. The van der Waals surface area contributed by atoms with Gasteiger partial charge in [-0.25, -0.2) is 12.7 Å². The summed E-state index contributed by atoms with van der Waals surface area (Å²) in [6, 6.07) is 5.62. The molecule has 0 spiro atoms. The van der Waals surface area contributed by atoms with Crippen LogP contribution in [-0.2, 0) is 14.8 Å². The van der Waals surface area contributed by atoms with Crippen LogP contribution in [0.1, 0.15) is 31.7 Å². The van der Waals surface area contributed by atoms with Crippen LogP contribution in [0.15, 0.2) is 18.2 Å². The van der Waals surface area contributed by atoms with Gasteiger partial charge in [0.1, 0.15) is 5.75 Å². The van der Waals surface area contributed by atoms with E-state index in [1.54, 1.807) is 7.11 Å². The molecule has 0 bridgehead atoms. The first-order chi connectivity index (χ1) is 11.4. The number of carbonyl (C=O) groups is 1. The number of benzene rings is 1. The largest absolute Gasteiger partial charge is 0.495 e. The molecule has 1 aromatic carbocycles. The van der Waals surface area contributed by atoms with E-state index in [1.165, 1.54) is 4.31 Å². The molecule has 1 N–H and O–H groups in total. The average molecular weight is 354 g/mol.